The summed E-state index contributed by atoms with van der Waals surface area (Å²) in [4.78, 5) is 12.2. The van der Waals surface area contributed by atoms with E-state index in [9.17, 15) is 4.79 Å². The van der Waals surface area contributed by atoms with Gasteiger partial charge >= 0.3 is 6.09 Å². The second kappa shape index (κ2) is 9.40. The molecule has 3 atom stereocenters. The summed E-state index contributed by atoms with van der Waals surface area (Å²) in [6.45, 7) is 3.93. The fraction of sp³-hybridized carbons (Fsp3) is 0.577. The normalized spacial score (nSPS) is 24.8. The Labute approximate surface area is 210 Å². The quantitative estimate of drug-likeness (QED) is 0.429. The molecule has 10 heteroatoms. The molecular formula is C26H34N6O4. The lowest BCUT2D eigenvalue weighted by Gasteiger charge is -2.16. The van der Waals surface area contributed by atoms with Crippen molar-refractivity contribution >= 4 is 28.5 Å². The Balaban J connectivity index is 1.10. The van der Waals surface area contributed by atoms with Crippen molar-refractivity contribution in [2.24, 2.45) is 7.05 Å². The third-order valence-electron chi connectivity index (χ3n) is 7.65. The number of H-pyrrole nitrogens is 1. The number of anilines is 2. The number of aromatic amines is 1. The zero-order valence-corrected chi connectivity index (χ0v) is 20.9. The molecule has 3 heterocycles. The van der Waals surface area contributed by atoms with E-state index in [2.05, 4.69) is 39.9 Å². The maximum atomic E-state index is 12.2. The number of benzene rings is 1. The Morgan fingerprint density at radius 3 is 2.97 bits per heavy atom. The summed E-state index contributed by atoms with van der Waals surface area (Å²) in [5.74, 6) is 1.04. The van der Waals surface area contributed by atoms with Gasteiger partial charge in [0.15, 0.2) is 5.82 Å². The predicted octanol–water partition coefficient (Wildman–Crippen LogP) is 4.26. The maximum absolute atomic E-state index is 12.2. The summed E-state index contributed by atoms with van der Waals surface area (Å²) in [6, 6.07) is 8.18. The summed E-state index contributed by atoms with van der Waals surface area (Å²) in [6.07, 6.45) is 5.40. The van der Waals surface area contributed by atoms with Gasteiger partial charge in [-0.25, -0.2) is 4.79 Å². The Morgan fingerprint density at radius 1 is 1.28 bits per heavy atom. The standard InChI is InChI=1S/C26H34N6O4/c1-26(9-10-26)28-25(33)36-17-7-6-16(12-17)21-13-23(30-29-21)27-20-5-3-4-19-22(31-32(2)24(19)20)15-35-18-8-11-34-14-18/h3-5,13,16-18H,6-12,14-15H2,1-2H3,(H,28,33)(H2,27,29,30)/t16-,17+,18?/m0/s1. The minimum absolute atomic E-state index is 0.0586. The molecule has 1 aliphatic heterocycles. The first kappa shape index (κ1) is 23.3. The first-order chi connectivity index (χ1) is 17.5. The molecule has 36 heavy (non-hydrogen) atoms. The molecule has 0 radical (unpaired) electrons. The van der Waals surface area contributed by atoms with Crippen LogP contribution >= 0.6 is 0 Å². The van der Waals surface area contributed by atoms with Crippen molar-refractivity contribution in [3.8, 4) is 0 Å². The molecule has 0 spiro atoms. The lowest BCUT2D eigenvalue weighted by molar-refractivity contribution is 0.0304. The monoisotopic (exact) mass is 494 g/mol. The van der Waals surface area contributed by atoms with Crippen molar-refractivity contribution in [2.45, 2.75) is 75.7 Å². The van der Waals surface area contributed by atoms with Crippen LogP contribution in [-0.2, 0) is 27.9 Å². The molecule has 192 valence electrons. The molecule has 1 aromatic carbocycles. The minimum atomic E-state index is -0.293. The fourth-order valence-corrected chi connectivity index (χ4v) is 5.28. The molecule has 1 saturated heterocycles. The van der Waals surface area contributed by atoms with Crippen molar-refractivity contribution in [3.63, 3.8) is 0 Å². The van der Waals surface area contributed by atoms with Gasteiger partial charge in [-0.2, -0.15) is 10.2 Å². The minimum Gasteiger partial charge on any atom is -0.446 e. The molecule has 1 unspecified atom stereocenters. The SMILES string of the molecule is Cn1nc(COC2CCOC2)c2cccc(Nc3cc([C@H]4CC[C@@H](OC(=O)NC5(C)CC5)C4)[nH]n3)c21. The third-order valence-corrected chi connectivity index (χ3v) is 7.65. The van der Waals surface area contributed by atoms with Gasteiger partial charge in [-0.1, -0.05) is 12.1 Å². The molecule has 1 amide bonds. The number of aromatic nitrogens is 4. The van der Waals surface area contributed by atoms with Crippen molar-refractivity contribution in [1.29, 1.82) is 0 Å². The third kappa shape index (κ3) is 4.92. The van der Waals surface area contributed by atoms with E-state index in [-0.39, 0.29) is 29.8 Å². The van der Waals surface area contributed by atoms with Gasteiger partial charge in [0.25, 0.3) is 0 Å². The molecule has 0 bridgehead atoms. The summed E-state index contributed by atoms with van der Waals surface area (Å²) < 4.78 is 19.0. The zero-order chi connectivity index (χ0) is 24.7. The van der Waals surface area contributed by atoms with Crippen LogP contribution in [0.15, 0.2) is 24.3 Å². The number of aryl methyl sites for hydroxylation is 1. The molecule has 2 aromatic heterocycles. The molecule has 3 aliphatic rings. The van der Waals surface area contributed by atoms with Crippen molar-refractivity contribution in [2.75, 3.05) is 18.5 Å². The van der Waals surface area contributed by atoms with Crippen LogP contribution in [0.5, 0.6) is 0 Å². The smallest absolute Gasteiger partial charge is 0.407 e. The number of fused-ring (bicyclic) bond motifs is 1. The van der Waals surface area contributed by atoms with E-state index in [1.165, 1.54) is 0 Å². The van der Waals surface area contributed by atoms with Gasteiger partial charge in [0.05, 0.1) is 36.2 Å². The number of nitrogens with zero attached hydrogens (tertiary/aromatic N) is 3. The highest BCUT2D eigenvalue weighted by Crippen LogP contribution is 2.38. The first-order valence-corrected chi connectivity index (χ1v) is 12.9. The molecule has 3 aromatic rings. The van der Waals surface area contributed by atoms with Gasteiger partial charge in [-0.05, 0) is 51.5 Å². The van der Waals surface area contributed by atoms with Crippen LogP contribution in [0.1, 0.15) is 62.8 Å². The lowest BCUT2D eigenvalue weighted by atomic mass is 10.0. The number of amides is 1. The molecular weight excluding hydrogens is 460 g/mol. The average molecular weight is 495 g/mol. The number of ether oxygens (including phenoxy) is 3. The average Bonchev–Trinajstić information content (AvgIpc) is 3.40. The summed E-state index contributed by atoms with van der Waals surface area (Å²) >= 11 is 0. The van der Waals surface area contributed by atoms with E-state index in [0.717, 1.165) is 78.9 Å². The molecule has 10 nitrogen and oxygen atoms in total. The van der Waals surface area contributed by atoms with E-state index in [4.69, 9.17) is 19.3 Å². The fourth-order valence-electron chi connectivity index (χ4n) is 5.28. The molecule has 2 aliphatic carbocycles. The zero-order valence-electron chi connectivity index (χ0n) is 20.9. The highest BCUT2D eigenvalue weighted by molar-refractivity contribution is 5.94. The van der Waals surface area contributed by atoms with Gasteiger partial charge < -0.3 is 24.8 Å². The van der Waals surface area contributed by atoms with Gasteiger partial charge in [-0.3, -0.25) is 9.78 Å². The number of para-hydroxylation sites is 1. The number of hydrogen-bond donors (Lipinski definition) is 3. The number of rotatable bonds is 8. The second-order valence-corrected chi connectivity index (χ2v) is 10.6. The van der Waals surface area contributed by atoms with Gasteiger partial charge in [0.2, 0.25) is 0 Å². The highest BCUT2D eigenvalue weighted by Gasteiger charge is 2.40. The Kier molecular flexibility index (Phi) is 6.08. The molecule has 2 saturated carbocycles. The van der Waals surface area contributed by atoms with Crippen LogP contribution in [0.4, 0.5) is 16.3 Å². The largest absolute Gasteiger partial charge is 0.446 e. The highest BCUT2D eigenvalue weighted by atomic mass is 16.6. The number of alkyl carbamates (subject to hydrolysis) is 1. The van der Waals surface area contributed by atoms with Gasteiger partial charge in [0.1, 0.15) is 6.10 Å². The number of hydrogen-bond acceptors (Lipinski definition) is 7. The van der Waals surface area contributed by atoms with Crippen LogP contribution in [-0.4, -0.2) is 57.0 Å². The van der Waals surface area contributed by atoms with E-state index in [0.29, 0.717) is 13.2 Å². The Bertz CT molecular complexity index is 1240. The summed E-state index contributed by atoms with van der Waals surface area (Å²) in [5, 5.41) is 19.9. The van der Waals surface area contributed by atoms with E-state index in [1.54, 1.807) is 0 Å². The van der Waals surface area contributed by atoms with Crippen LogP contribution < -0.4 is 10.6 Å². The topological polar surface area (TPSA) is 115 Å². The molecule has 3 N–H and O–H groups in total. The van der Waals surface area contributed by atoms with Crippen LogP contribution in [0.3, 0.4) is 0 Å². The Hall–Kier alpha value is -3.11. The van der Waals surface area contributed by atoms with Crippen LogP contribution in [0.2, 0.25) is 0 Å². The van der Waals surface area contributed by atoms with Crippen LogP contribution in [0, 0.1) is 0 Å². The number of carbonyl (C=O) groups excluding carboxylic acids is 1. The molecule has 6 rings (SSSR count). The van der Waals surface area contributed by atoms with E-state index < -0.39 is 0 Å². The van der Waals surface area contributed by atoms with Crippen molar-refractivity contribution < 1.29 is 19.0 Å². The molecule has 3 fully saturated rings. The predicted molar refractivity (Wildman–Crippen MR) is 134 cm³/mol. The van der Waals surface area contributed by atoms with Crippen LogP contribution in [0.25, 0.3) is 10.9 Å². The van der Waals surface area contributed by atoms with Crippen molar-refractivity contribution in [1.82, 2.24) is 25.3 Å². The lowest BCUT2D eigenvalue weighted by Crippen LogP contribution is -2.36. The number of carbonyl (C=O) groups is 1. The summed E-state index contributed by atoms with van der Waals surface area (Å²) in [7, 11) is 1.95. The summed E-state index contributed by atoms with van der Waals surface area (Å²) in [5.41, 5.74) is 3.86. The first-order valence-electron chi connectivity index (χ1n) is 12.9. The maximum Gasteiger partial charge on any atom is 0.407 e. The van der Waals surface area contributed by atoms with E-state index in [1.807, 2.05) is 23.9 Å². The second-order valence-electron chi connectivity index (χ2n) is 10.6. The Morgan fingerprint density at radius 2 is 2.17 bits per heavy atom. The van der Waals surface area contributed by atoms with Gasteiger partial charge in [-0.15, -0.1) is 0 Å². The van der Waals surface area contributed by atoms with E-state index >= 15 is 0 Å². The van der Waals surface area contributed by atoms with Crippen molar-refractivity contribution in [3.05, 3.63) is 35.7 Å². The van der Waals surface area contributed by atoms with Gasteiger partial charge in [0, 0.05) is 42.3 Å². The number of nitrogens with one attached hydrogen (secondary N) is 3.